The summed E-state index contributed by atoms with van der Waals surface area (Å²) in [4.78, 5) is 26.2. The largest absolute Gasteiger partial charge is 0.362 e. The molecule has 0 unspecified atom stereocenters. The molecule has 0 amide bonds. The Bertz CT molecular complexity index is 1340. The average Bonchev–Trinajstić information content (AvgIpc) is 3.22. The standard InChI is InChI=1S/C20H15ClFN7O/c21-11-4-1-2-7-14(11)29-15(28-13-6-3-5-12(22)16(13)20(29)30)8-23-18-17-19(25-9-24-17)27-10-26-18/h1-7,10,24H,8-9H2,(H2,23,25,26,27). The van der Waals surface area contributed by atoms with Crippen molar-refractivity contribution in [3.63, 3.8) is 0 Å². The molecule has 0 atom stereocenters. The molecule has 0 spiro atoms. The summed E-state index contributed by atoms with van der Waals surface area (Å²) in [5.41, 5.74) is 0.894. The Kier molecular flexibility index (Phi) is 4.44. The number of fused-ring (bicyclic) bond motifs is 2. The van der Waals surface area contributed by atoms with E-state index in [4.69, 9.17) is 11.6 Å². The van der Waals surface area contributed by atoms with Gasteiger partial charge in [0.1, 0.15) is 29.0 Å². The van der Waals surface area contributed by atoms with Crippen LogP contribution in [0.2, 0.25) is 5.02 Å². The van der Waals surface area contributed by atoms with Crippen LogP contribution < -0.4 is 21.5 Å². The molecule has 1 aliphatic heterocycles. The maximum atomic E-state index is 14.4. The van der Waals surface area contributed by atoms with Gasteiger partial charge in [0.25, 0.3) is 5.56 Å². The first-order chi connectivity index (χ1) is 14.6. The summed E-state index contributed by atoms with van der Waals surface area (Å²) >= 11 is 6.35. The number of halogens is 2. The van der Waals surface area contributed by atoms with Crippen LogP contribution in [0.25, 0.3) is 16.6 Å². The lowest BCUT2D eigenvalue weighted by Gasteiger charge is -2.16. The molecule has 0 radical (unpaired) electrons. The summed E-state index contributed by atoms with van der Waals surface area (Å²) in [6.45, 7) is 0.693. The summed E-state index contributed by atoms with van der Waals surface area (Å²) in [7, 11) is 0. The van der Waals surface area contributed by atoms with E-state index in [9.17, 15) is 9.18 Å². The Morgan fingerprint density at radius 2 is 2.00 bits per heavy atom. The van der Waals surface area contributed by atoms with Gasteiger partial charge in [0, 0.05) is 0 Å². The van der Waals surface area contributed by atoms with Crippen molar-refractivity contribution in [3.05, 3.63) is 75.8 Å². The summed E-state index contributed by atoms with van der Waals surface area (Å²) in [6.07, 6.45) is 1.44. The van der Waals surface area contributed by atoms with Crippen LogP contribution in [-0.4, -0.2) is 26.2 Å². The molecule has 1 aliphatic rings. The van der Waals surface area contributed by atoms with Gasteiger partial charge in [-0.15, -0.1) is 0 Å². The molecule has 0 aliphatic carbocycles. The zero-order chi connectivity index (χ0) is 20.7. The van der Waals surface area contributed by atoms with Crippen molar-refractivity contribution >= 4 is 39.8 Å². The maximum Gasteiger partial charge on any atom is 0.269 e. The average molecular weight is 424 g/mol. The molecule has 2 aromatic heterocycles. The lowest BCUT2D eigenvalue weighted by atomic mass is 10.2. The third kappa shape index (κ3) is 3.00. The number of nitrogens with one attached hydrogen (secondary N) is 3. The Morgan fingerprint density at radius 3 is 2.87 bits per heavy atom. The third-order valence-electron chi connectivity index (χ3n) is 4.79. The third-order valence-corrected chi connectivity index (χ3v) is 5.11. The number of rotatable bonds is 4. The SMILES string of the molecule is O=c1c2c(F)cccc2nc(CNc2ncnc3c2NCN3)n1-c1ccccc1Cl. The van der Waals surface area contributed by atoms with Crippen LogP contribution in [0.15, 0.2) is 53.6 Å². The highest BCUT2D eigenvalue weighted by Gasteiger charge is 2.19. The highest BCUT2D eigenvalue weighted by Crippen LogP contribution is 2.30. The minimum absolute atomic E-state index is 0.0880. The van der Waals surface area contributed by atoms with Crippen LogP contribution in [-0.2, 0) is 6.54 Å². The normalized spacial score (nSPS) is 12.3. The highest BCUT2D eigenvalue weighted by molar-refractivity contribution is 6.32. The number of benzene rings is 2. The van der Waals surface area contributed by atoms with Crippen molar-refractivity contribution in [1.29, 1.82) is 0 Å². The number of anilines is 3. The van der Waals surface area contributed by atoms with Gasteiger partial charge in [-0.3, -0.25) is 9.36 Å². The van der Waals surface area contributed by atoms with Crippen LogP contribution in [0.1, 0.15) is 5.82 Å². The second-order valence-electron chi connectivity index (χ2n) is 6.58. The number of hydrogen-bond donors (Lipinski definition) is 3. The van der Waals surface area contributed by atoms with Crippen molar-refractivity contribution in [2.45, 2.75) is 6.54 Å². The van der Waals surface area contributed by atoms with Crippen molar-refractivity contribution < 1.29 is 4.39 Å². The Hall–Kier alpha value is -3.72. The second-order valence-corrected chi connectivity index (χ2v) is 6.99. The van der Waals surface area contributed by atoms with E-state index in [0.29, 0.717) is 34.8 Å². The van der Waals surface area contributed by atoms with Crippen LogP contribution in [0.4, 0.5) is 21.7 Å². The van der Waals surface area contributed by atoms with Gasteiger partial charge < -0.3 is 16.0 Å². The van der Waals surface area contributed by atoms with Crippen molar-refractivity contribution in [1.82, 2.24) is 19.5 Å². The minimum Gasteiger partial charge on any atom is -0.362 e. The fraction of sp³-hybridized carbons (Fsp3) is 0.100. The molecule has 3 N–H and O–H groups in total. The smallest absolute Gasteiger partial charge is 0.269 e. The molecule has 8 nitrogen and oxygen atoms in total. The van der Waals surface area contributed by atoms with Crippen LogP contribution in [0.5, 0.6) is 0 Å². The van der Waals surface area contributed by atoms with Gasteiger partial charge >= 0.3 is 0 Å². The zero-order valence-corrected chi connectivity index (χ0v) is 16.2. The fourth-order valence-corrected chi connectivity index (χ4v) is 3.66. The minimum atomic E-state index is -0.630. The molecule has 0 saturated heterocycles. The molecule has 0 saturated carbocycles. The van der Waals surface area contributed by atoms with Gasteiger partial charge in [0.2, 0.25) is 0 Å². The second kappa shape index (κ2) is 7.27. The Morgan fingerprint density at radius 1 is 1.13 bits per heavy atom. The number of hydrogen-bond acceptors (Lipinski definition) is 7. The van der Waals surface area contributed by atoms with Gasteiger partial charge in [-0.1, -0.05) is 29.8 Å². The quantitative estimate of drug-likeness (QED) is 0.463. The van der Waals surface area contributed by atoms with E-state index < -0.39 is 11.4 Å². The highest BCUT2D eigenvalue weighted by atomic mass is 35.5. The van der Waals surface area contributed by atoms with Gasteiger partial charge in [-0.25, -0.2) is 19.3 Å². The number of para-hydroxylation sites is 1. The fourth-order valence-electron chi connectivity index (χ4n) is 3.44. The van der Waals surface area contributed by atoms with E-state index in [-0.39, 0.29) is 17.4 Å². The molecular formula is C20H15ClFN7O. The molecule has 3 heterocycles. The predicted octanol–water partition coefficient (Wildman–Crippen LogP) is 3.38. The van der Waals surface area contributed by atoms with Gasteiger partial charge in [0.15, 0.2) is 11.6 Å². The lowest BCUT2D eigenvalue weighted by Crippen LogP contribution is -2.26. The van der Waals surface area contributed by atoms with E-state index in [1.165, 1.54) is 23.0 Å². The Labute approximate surface area is 174 Å². The van der Waals surface area contributed by atoms with Gasteiger partial charge in [0.05, 0.1) is 29.4 Å². The van der Waals surface area contributed by atoms with Crippen LogP contribution in [0, 0.1) is 5.82 Å². The summed E-state index contributed by atoms with van der Waals surface area (Å²) < 4.78 is 15.8. The Balaban J connectivity index is 1.66. The van der Waals surface area contributed by atoms with E-state index in [1.54, 1.807) is 30.3 Å². The molecule has 0 bridgehead atoms. The first kappa shape index (κ1) is 18.3. The first-order valence-electron chi connectivity index (χ1n) is 9.15. The van der Waals surface area contributed by atoms with E-state index in [1.807, 2.05) is 0 Å². The van der Waals surface area contributed by atoms with Crippen molar-refractivity contribution in [2.75, 3.05) is 22.6 Å². The van der Waals surface area contributed by atoms with Crippen LogP contribution >= 0.6 is 11.6 Å². The molecule has 2 aromatic carbocycles. The molecule has 30 heavy (non-hydrogen) atoms. The maximum absolute atomic E-state index is 14.4. The number of nitrogens with zero attached hydrogens (tertiary/aromatic N) is 4. The summed E-state index contributed by atoms with van der Waals surface area (Å²) in [5.74, 6) is 0.979. The topological polar surface area (TPSA) is 96.8 Å². The van der Waals surface area contributed by atoms with E-state index >= 15 is 0 Å². The monoisotopic (exact) mass is 423 g/mol. The molecule has 4 aromatic rings. The molecule has 5 rings (SSSR count). The zero-order valence-electron chi connectivity index (χ0n) is 15.5. The van der Waals surface area contributed by atoms with Crippen molar-refractivity contribution in [2.24, 2.45) is 0 Å². The van der Waals surface area contributed by atoms with Crippen molar-refractivity contribution in [3.8, 4) is 5.69 Å². The lowest BCUT2D eigenvalue weighted by molar-refractivity contribution is 0.636. The van der Waals surface area contributed by atoms with Gasteiger partial charge in [-0.2, -0.15) is 0 Å². The molecule has 150 valence electrons. The summed E-state index contributed by atoms with van der Waals surface area (Å²) in [6, 6.07) is 11.2. The van der Waals surface area contributed by atoms with Gasteiger partial charge in [-0.05, 0) is 24.3 Å². The number of aromatic nitrogens is 4. The van der Waals surface area contributed by atoms with E-state index in [2.05, 4.69) is 30.9 Å². The van der Waals surface area contributed by atoms with E-state index in [0.717, 1.165) is 5.69 Å². The molecule has 0 fully saturated rings. The predicted molar refractivity (Wildman–Crippen MR) is 114 cm³/mol. The molecule has 10 heteroatoms. The van der Waals surface area contributed by atoms with Crippen LogP contribution in [0.3, 0.4) is 0 Å². The first-order valence-corrected chi connectivity index (χ1v) is 9.53. The summed E-state index contributed by atoms with van der Waals surface area (Å²) in [5, 5.41) is 9.69. The molecular weight excluding hydrogens is 409 g/mol.